The van der Waals surface area contributed by atoms with Gasteiger partial charge in [0.2, 0.25) is 11.8 Å². The molecule has 0 saturated carbocycles. The number of halogens is 2. The van der Waals surface area contributed by atoms with Crippen molar-refractivity contribution in [3.8, 4) is 0 Å². The van der Waals surface area contributed by atoms with Gasteiger partial charge in [0.25, 0.3) is 0 Å². The van der Waals surface area contributed by atoms with E-state index in [-0.39, 0.29) is 11.8 Å². The van der Waals surface area contributed by atoms with E-state index in [1.807, 2.05) is 80.6 Å². The maximum atomic E-state index is 13.9. The number of aryl methyl sites for hydroxylation is 2. The molecule has 7 rings (SSSR count). The quantitative estimate of drug-likeness (QED) is 0.369. The van der Waals surface area contributed by atoms with E-state index in [0.717, 1.165) is 33.4 Å². The summed E-state index contributed by atoms with van der Waals surface area (Å²) < 4.78 is 0. The van der Waals surface area contributed by atoms with E-state index in [1.165, 1.54) is 4.90 Å². The van der Waals surface area contributed by atoms with Gasteiger partial charge < -0.3 is 0 Å². The highest BCUT2D eigenvalue weighted by molar-refractivity contribution is 6.38. The summed E-state index contributed by atoms with van der Waals surface area (Å²) in [5.41, 5.74) is 5.71. The predicted octanol–water partition coefficient (Wildman–Crippen LogP) is 5.40. The first kappa shape index (κ1) is 19.1. The maximum Gasteiger partial charge on any atom is 0.240 e. The van der Waals surface area contributed by atoms with Crippen molar-refractivity contribution in [2.75, 3.05) is 4.90 Å². The van der Waals surface area contributed by atoms with Gasteiger partial charge in [-0.1, -0.05) is 60.7 Å². The minimum atomic E-state index is -1.15. The van der Waals surface area contributed by atoms with E-state index in [2.05, 4.69) is 0 Å². The predicted molar refractivity (Wildman–Crippen MR) is 122 cm³/mol. The summed E-state index contributed by atoms with van der Waals surface area (Å²) >= 11 is 14.9. The van der Waals surface area contributed by atoms with Crippen LogP contribution in [-0.2, 0) is 19.3 Å². The standard InChI is InChI=1S/C26H19Cl2NO2/c1-14-11-12-15(2)20(13-14)29-23(30)21-22(24(29)31)26(28)17-8-4-3-7-16(17)25(21,27)18-9-5-6-10-19(18)26/h3-13,21-22H,1-2H3/t21-,22+,25?,26?. The molecule has 2 bridgehead atoms. The van der Waals surface area contributed by atoms with Gasteiger partial charge in [-0.2, -0.15) is 0 Å². The zero-order chi connectivity index (χ0) is 21.7. The van der Waals surface area contributed by atoms with Gasteiger partial charge in [0.1, 0.15) is 9.75 Å². The van der Waals surface area contributed by atoms with Crippen molar-refractivity contribution in [1.82, 2.24) is 0 Å². The molecule has 1 heterocycles. The lowest BCUT2D eigenvalue weighted by molar-refractivity contribution is -0.122. The second-order valence-corrected chi connectivity index (χ2v) is 9.96. The van der Waals surface area contributed by atoms with Crippen LogP contribution in [-0.4, -0.2) is 11.8 Å². The summed E-state index contributed by atoms with van der Waals surface area (Å²) in [4.78, 5) is 26.9. The number of alkyl halides is 2. The third-order valence-electron chi connectivity index (χ3n) is 7.19. The molecule has 1 fully saturated rings. The number of anilines is 1. The fourth-order valence-corrected chi connectivity index (χ4v) is 6.96. The van der Waals surface area contributed by atoms with Crippen molar-refractivity contribution in [3.63, 3.8) is 0 Å². The van der Waals surface area contributed by atoms with Gasteiger partial charge in [-0.3, -0.25) is 9.59 Å². The largest absolute Gasteiger partial charge is 0.274 e. The number of rotatable bonds is 1. The average Bonchev–Trinajstić information content (AvgIpc) is 3.05. The molecule has 3 aromatic carbocycles. The fourth-order valence-electron chi connectivity index (χ4n) is 5.86. The van der Waals surface area contributed by atoms with Gasteiger partial charge >= 0.3 is 0 Å². The van der Waals surface area contributed by atoms with Crippen LogP contribution >= 0.6 is 23.2 Å². The Kier molecular flexibility index (Phi) is 3.69. The molecular weight excluding hydrogens is 429 g/mol. The second kappa shape index (κ2) is 5.99. The SMILES string of the molecule is Cc1ccc(C)c(N2C(=O)[C@@H]3[C@H](C2=O)C2(Cl)c4ccccc4C3(Cl)c3ccccc32)c1. The molecule has 154 valence electrons. The lowest BCUT2D eigenvalue weighted by Crippen LogP contribution is -2.57. The van der Waals surface area contributed by atoms with E-state index in [9.17, 15) is 9.59 Å². The monoisotopic (exact) mass is 447 g/mol. The highest BCUT2D eigenvalue weighted by Crippen LogP contribution is 2.69. The topological polar surface area (TPSA) is 37.4 Å². The van der Waals surface area contributed by atoms with Crippen molar-refractivity contribution in [3.05, 3.63) is 100 Å². The molecule has 5 heteroatoms. The Hall–Kier alpha value is -2.62. The van der Waals surface area contributed by atoms with Crippen LogP contribution in [0.3, 0.4) is 0 Å². The zero-order valence-electron chi connectivity index (χ0n) is 17.0. The lowest BCUT2D eigenvalue weighted by Gasteiger charge is -2.54. The number of carbonyl (C=O) groups is 2. The summed E-state index contributed by atoms with van der Waals surface area (Å²) in [5.74, 6) is -2.12. The Morgan fingerprint density at radius 1 is 0.710 bits per heavy atom. The molecule has 1 aliphatic heterocycles. The van der Waals surface area contributed by atoms with Crippen LogP contribution < -0.4 is 4.90 Å². The first-order valence-corrected chi connectivity index (χ1v) is 11.1. The second-order valence-electron chi connectivity index (χ2n) is 8.77. The first-order valence-electron chi connectivity index (χ1n) is 10.3. The van der Waals surface area contributed by atoms with Gasteiger partial charge in [-0.25, -0.2) is 4.90 Å². The van der Waals surface area contributed by atoms with Gasteiger partial charge in [0, 0.05) is 0 Å². The highest BCUT2D eigenvalue weighted by Gasteiger charge is 2.73. The van der Waals surface area contributed by atoms with Gasteiger partial charge in [0.15, 0.2) is 0 Å². The molecule has 0 unspecified atom stereocenters. The van der Waals surface area contributed by atoms with Crippen LogP contribution in [0.25, 0.3) is 0 Å². The minimum Gasteiger partial charge on any atom is -0.274 e. The molecule has 3 nitrogen and oxygen atoms in total. The van der Waals surface area contributed by atoms with Crippen LogP contribution in [0.2, 0.25) is 0 Å². The van der Waals surface area contributed by atoms with Crippen molar-refractivity contribution >= 4 is 40.7 Å². The van der Waals surface area contributed by atoms with E-state index in [1.54, 1.807) is 0 Å². The van der Waals surface area contributed by atoms with E-state index >= 15 is 0 Å². The first-order chi connectivity index (χ1) is 14.8. The molecule has 3 aliphatic carbocycles. The number of nitrogens with zero attached hydrogens (tertiary/aromatic N) is 1. The molecule has 2 atom stereocenters. The number of carbonyl (C=O) groups excluding carboxylic acids is 2. The molecular formula is C26H19Cl2NO2. The molecule has 4 aliphatic rings. The highest BCUT2D eigenvalue weighted by atomic mass is 35.5. The van der Waals surface area contributed by atoms with Crippen LogP contribution in [0, 0.1) is 25.7 Å². The Bertz CT molecular complexity index is 1190. The third-order valence-corrected chi connectivity index (χ3v) is 8.48. The van der Waals surface area contributed by atoms with Crippen molar-refractivity contribution in [2.24, 2.45) is 11.8 Å². The molecule has 0 spiro atoms. The molecule has 1 saturated heterocycles. The van der Waals surface area contributed by atoms with Gasteiger partial charge in [-0.15, -0.1) is 23.2 Å². The normalized spacial score (nSPS) is 30.3. The summed E-state index contributed by atoms with van der Waals surface area (Å²) in [6.45, 7) is 3.85. The van der Waals surface area contributed by atoms with E-state index < -0.39 is 21.6 Å². The zero-order valence-corrected chi connectivity index (χ0v) is 18.5. The van der Waals surface area contributed by atoms with Crippen LogP contribution in [0.15, 0.2) is 66.7 Å². The minimum absolute atomic E-state index is 0.285. The molecule has 3 aromatic rings. The summed E-state index contributed by atoms with van der Waals surface area (Å²) in [5, 5.41) is 0. The number of hydrogen-bond donors (Lipinski definition) is 0. The fraction of sp³-hybridized carbons (Fsp3) is 0.231. The molecule has 31 heavy (non-hydrogen) atoms. The number of benzene rings is 3. The summed E-state index contributed by atoms with van der Waals surface area (Å²) in [6.07, 6.45) is 0. The molecule has 0 N–H and O–H groups in total. The van der Waals surface area contributed by atoms with Crippen LogP contribution in [0.4, 0.5) is 5.69 Å². The van der Waals surface area contributed by atoms with Crippen LogP contribution in [0.1, 0.15) is 33.4 Å². The Morgan fingerprint density at radius 3 is 1.55 bits per heavy atom. The Labute approximate surface area is 190 Å². The summed E-state index contributed by atoms with van der Waals surface area (Å²) in [7, 11) is 0. The third kappa shape index (κ3) is 2.07. The number of hydrogen-bond acceptors (Lipinski definition) is 2. The average molecular weight is 448 g/mol. The number of imide groups is 1. The summed E-state index contributed by atoms with van der Waals surface area (Å²) in [6, 6.07) is 21.2. The number of amides is 2. The Balaban J connectivity index is 1.67. The molecule has 2 amide bonds. The van der Waals surface area contributed by atoms with E-state index in [4.69, 9.17) is 23.2 Å². The smallest absolute Gasteiger partial charge is 0.240 e. The van der Waals surface area contributed by atoms with Crippen molar-refractivity contribution < 1.29 is 9.59 Å². The molecule has 0 radical (unpaired) electrons. The van der Waals surface area contributed by atoms with Crippen molar-refractivity contribution in [1.29, 1.82) is 0 Å². The lowest BCUT2D eigenvalue weighted by atomic mass is 9.54. The van der Waals surface area contributed by atoms with E-state index in [0.29, 0.717) is 5.69 Å². The maximum absolute atomic E-state index is 13.9. The van der Waals surface area contributed by atoms with Crippen molar-refractivity contribution in [2.45, 2.75) is 23.6 Å². The van der Waals surface area contributed by atoms with Gasteiger partial charge in [0.05, 0.1) is 17.5 Å². The van der Waals surface area contributed by atoms with Crippen LogP contribution in [0.5, 0.6) is 0 Å². The van der Waals surface area contributed by atoms with Gasteiger partial charge in [-0.05, 0) is 53.3 Å². The Morgan fingerprint density at radius 2 is 1.13 bits per heavy atom. The molecule has 0 aromatic heterocycles.